The lowest BCUT2D eigenvalue weighted by Gasteiger charge is -2.12. The third-order valence-electron chi connectivity index (χ3n) is 4.71. The summed E-state index contributed by atoms with van der Waals surface area (Å²) in [7, 11) is 0. The Bertz CT molecular complexity index is 1100. The van der Waals surface area contributed by atoms with Gasteiger partial charge in [0.15, 0.2) is 0 Å². The Balaban J connectivity index is 1.76. The number of hydrogen-bond acceptors (Lipinski definition) is 3. The third-order valence-corrected chi connectivity index (χ3v) is 5.59. The van der Waals surface area contributed by atoms with E-state index in [1.165, 1.54) is 0 Å². The highest BCUT2D eigenvalue weighted by Gasteiger charge is 2.20. The number of nitrogens with zero attached hydrogens (tertiary/aromatic N) is 2. The molecule has 28 heavy (non-hydrogen) atoms. The molecule has 0 unspecified atom stereocenters. The molecule has 0 saturated heterocycles. The molecule has 0 atom stereocenters. The van der Waals surface area contributed by atoms with Gasteiger partial charge in [-0.3, -0.25) is 4.79 Å². The molecule has 4 rings (SSSR count). The highest BCUT2D eigenvalue weighted by Crippen LogP contribution is 2.29. The van der Waals surface area contributed by atoms with Gasteiger partial charge >= 0.3 is 0 Å². The van der Waals surface area contributed by atoms with Crippen LogP contribution in [0.2, 0.25) is 0 Å². The van der Waals surface area contributed by atoms with Crippen LogP contribution in [0.5, 0.6) is 0 Å². The molecule has 0 radical (unpaired) electrons. The number of carbonyl (C=O) groups excluding carboxylic acids is 1. The topological polar surface area (TPSA) is 46.9 Å². The number of para-hydroxylation sites is 2. The van der Waals surface area contributed by atoms with Crippen LogP contribution < -0.4 is 5.32 Å². The smallest absolute Gasteiger partial charge is 0.259 e. The average molecular weight is 388 g/mol. The fourth-order valence-electron chi connectivity index (χ4n) is 3.23. The standard InChI is InChI=1S/C23H21N3OS/c1-3-17-10-7-9-16(2)21(17)24-23(27)19-15-26(18-11-5-4-6-12-18)25-22(19)20-13-8-14-28-20/h4-15H,3H2,1-2H3,(H,24,27). The van der Waals surface area contributed by atoms with E-state index in [2.05, 4.69) is 18.3 Å². The molecule has 0 aliphatic carbocycles. The Morgan fingerprint density at radius 3 is 2.61 bits per heavy atom. The SMILES string of the molecule is CCc1cccc(C)c1NC(=O)c1cn(-c2ccccc2)nc1-c1cccs1. The summed E-state index contributed by atoms with van der Waals surface area (Å²) in [6.07, 6.45) is 2.67. The summed E-state index contributed by atoms with van der Waals surface area (Å²) in [5, 5.41) is 9.84. The van der Waals surface area contributed by atoms with Gasteiger partial charge in [-0.25, -0.2) is 4.68 Å². The molecule has 0 fully saturated rings. The Morgan fingerprint density at radius 2 is 1.89 bits per heavy atom. The molecule has 0 aliphatic heterocycles. The number of amides is 1. The molecular formula is C23H21N3OS. The minimum Gasteiger partial charge on any atom is -0.321 e. The Labute approximate surface area is 168 Å². The third kappa shape index (κ3) is 3.49. The highest BCUT2D eigenvalue weighted by atomic mass is 32.1. The normalized spacial score (nSPS) is 10.8. The van der Waals surface area contributed by atoms with E-state index < -0.39 is 0 Å². The van der Waals surface area contributed by atoms with Crippen LogP contribution in [0, 0.1) is 6.92 Å². The average Bonchev–Trinajstić information content (AvgIpc) is 3.40. The predicted octanol–water partition coefficient (Wildman–Crippen LogP) is 5.72. The number of benzene rings is 2. The van der Waals surface area contributed by atoms with Crippen molar-refractivity contribution in [2.24, 2.45) is 0 Å². The Morgan fingerprint density at radius 1 is 1.07 bits per heavy atom. The van der Waals surface area contributed by atoms with Crippen LogP contribution in [0.4, 0.5) is 5.69 Å². The van der Waals surface area contributed by atoms with Gasteiger partial charge in [0.2, 0.25) is 0 Å². The van der Waals surface area contributed by atoms with Crippen molar-refractivity contribution in [1.29, 1.82) is 0 Å². The number of aromatic nitrogens is 2. The molecule has 2 aromatic carbocycles. The zero-order valence-electron chi connectivity index (χ0n) is 15.8. The number of hydrogen-bond donors (Lipinski definition) is 1. The summed E-state index contributed by atoms with van der Waals surface area (Å²) < 4.78 is 1.77. The summed E-state index contributed by atoms with van der Waals surface area (Å²) >= 11 is 1.58. The van der Waals surface area contributed by atoms with Crippen LogP contribution in [0.25, 0.3) is 16.3 Å². The number of anilines is 1. The van der Waals surface area contributed by atoms with Crippen LogP contribution >= 0.6 is 11.3 Å². The van der Waals surface area contributed by atoms with Gasteiger partial charge in [-0.15, -0.1) is 11.3 Å². The second-order valence-corrected chi connectivity index (χ2v) is 7.51. The van der Waals surface area contributed by atoms with Crippen molar-refractivity contribution < 1.29 is 4.79 Å². The van der Waals surface area contributed by atoms with Crippen molar-refractivity contribution in [2.45, 2.75) is 20.3 Å². The molecule has 1 N–H and O–H groups in total. The minimum atomic E-state index is -0.144. The second kappa shape index (κ2) is 7.82. The first-order chi connectivity index (χ1) is 13.7. The lowest BCUT2D eigenvalue weighted by Crippen LogP contribution is -2.14. The molecular weight excluding hydrogens is 366 g/mol. The fourth-order valence-corrected chi connectivity index (χ4v) is 3.95. The van der Waals surface area contributed by atoms with E-state index in [0.29, 0.717) is 11.3 Å². The maximum Gasteiger partial charge on any atom is 0.259 e. The van der Waals surface area contributed by atoms with Gasteiger partial charge in [-0.1, -0.05) is 49.4 Å². The van der Waals surface area contributed by atoms with Crippen LogP contribution in [-0.4, -0.2) is 15.7 Å². The largest absolute Gasteiger partial charge is 0.321 e. The van der Waals surface area contributed by atoms with Crippen LogP contribution in [-0.2, 0) is 6.42 Å². The lowest BCUT2D eigenvalue weighted by molar-refractivity contribution is 0.102. The molecule has 140 valence electrons. The van der Waals surface area contributed by atoms with Crippen molar-refractivity contribution in [3.63, 3.8) is 0 Å². The van der Waals surface area contributed by atoms with Gasteiger partial charge in [0.25, 0.3) is 5.91 Å². The number of nitrogens with one attached hydrogen (secondary N) is 1. The number of carbonyl (C=O) groups is 1. The summed E-state index contributed by atoms with van der Waals surface area (Å²) in [6, 6.07) is 19.9. The quantitative estimate of drug-likeness (QED) is 0.476. The zero-order chi connectivity index (χ0) is 19.5. The van der Waals surface area contributed by atoms with Gasteiger partial charge < -0.3 is 5.32 Å². The maximum absolute atomic E-state index is 13.2. The van der Waals surface area contributed by atoms with Crippen LogP contribution in [0.1, 0.15) is 28.4 Å². The Hall–Kier alpha value is -3.18. The fraction of sp³-hybridized carbons (Fsp3) is 0.130. The summed E-state index contributed by atoms with van der Waals surface area (Å²) in [5.74, 6) is -0.144. The van der Waals surface area contributed by atoms with Gasteiger partial charge in [-0.05, 0) is 48.1 Å². The summed E-state index contributed by atoms with van der Waals surface area (Å²) in [6.45, 7) is 4.11. The van der Waals surface area contributed by atoms with Crippen molar-refractivity contribution in [3.05, 3.63) is 88.9 Å². The minimum absolute atomic E-state index is 0.144. The summed E-state index contributed by atoms with van der Waals surface area (Å²) in [4.78, 5) is 14.2. The first-order valence-electron chi connectivity index (χ1n) is 9.26. The second-order valence-electron chi connectivity index (χ2n) is 6.57. The van der Waals surface area contributed by atoms with E-state index in [1.807, 2.05) is 73.1 Å². The first kappa shape index (κ1) is 18.2. The zero-order valence-corrected chi connectivity index (χ0v) is 16.7. The summed E-state index contributed by atoms with van der Waals surface area (Å²) in [5.41, 5.74) is 5.26. The van der Waals surface area contributed by atoms with Crippen LogP contribution in [0.3, 0.4) is 0 Å². The number of thiophene rings is 1. The molecule has 0 saturated carbocycles. The molecule has 0 spiro atoms. The molecule has 5 heteroatoms. The maximum atomic E-state index is 13.2. The van der Waals surface area contributed by atoms with E-state index in [1.54, 1.807) is 16.0 Å². The predicted molar refractivity (Wildman–Crippen MR) is 115 cm³/mol. The highest BCUT2D eigenvalue weighted by molar-refractivity contribution is 7.13. The molecule has 0 bridgehead atoms. The number of rotatable bonds is 5. The van der Waals surface area contributed by atoms with Crippen LogP contribution in [0.15, 0.2) is 72.2 Å². The molecule has 2 heterocycles. The molecule has 4 nitrogen and oxygen atoms in total. The molecule has 1 amide bonds. The van der Waals surface area contributed by atoms with Crippen molar-refractivity contribution in [2.75, 3.05) is 5.32 Å². The van der Waals surface area contributed by atoms with Gasteiger partial charge in [0, 0.05) is 11.9 Å². The van der Waals surface area contributed by atoms with E-state index in [9.17, 15) is 4.79 Å². The van der Waals surface area contributed by atoms with Gasteiger partial charge in [0.05, 0.1) is 16.1 Å². The Kier molecular flexibility index (Phi) is 5.08. The lowest BCUT2D eigenvalue weighted by atomic mass is 10.1. The van der Waals surface area contributed by atoms with Crippen molar-refractivity contribution in [3.8, 4) is 16.3 Å². The van der Waals surface area contributed by atoms with Gasteiger partial charge in [0.1, 0.15) is 5.69 Å². The van der Waals surface area contributed by atoms with E-state index in [4.69, 9.17) is 5.10 Å². The first-order valence-corrected chi connectivity index (χ1v) is 10.1. The van der Waals surface area contributed by atoms with Crippen molar-refractivity contribution >= 4 is 22.9 Å². The monoisotopic (exact) mass is 387 g/mol. The van der Waals surface area contributed by atoms with E-state index in [-0.39, 0.29) is 5.91 Å². The molecule has 4 aromatic rings. The number of aryl methyl sites for hydroxylation is 2. The van der Waals surface area contributed by atoms with Gasteiger partial charge in [-0.2, -0.15) is 5.10 Å². The van der Waals surface area contributed by atoms with E-state index in [0.717, 1.165) is 33.8 Å². The van der Waals surface area contributed by atoms with Crippen molar-refractivity contribution in [1.82, 2.24) is 9.78 Å². The molecule has 0 aliphatic rings. The van der Waals surface area contributed by atoms with E-state index >= 15 is 0 Å². The molecule has 2 aromatic heterocycles.